The van der Waals surface area contributed by atoms with Gasteiger partial charge in [0.15, 0.2) is 0 Å². The van der Waals surface area contributed by atoms with Crippen LogP contribution in [0.1, 0.15) is 20.3 Å². The lowest BCUT2D eigenvalue weighted by atomic mass is 10.2. The first-order valence-corrected chi connectivity index (χ1v) is 5.58. The van der Waals surface area contributed by atoms with E-state index in [2.05, 4.69) is 0 Å². The van der Waals surface area contributed by atoms with E-state index in [1.165, 1.54) is 0 Å². The van der Waals surface area contributed by atoms with Gasteiger partial charge in [-0.1, -0.05) is 26.1 Å². The molecule has 0 aromatic heterocycles. The molecule has 0 aliphatic heterocycles. The van der Waals surface area contributed by atoms with Crippen molar-refractivity contribution in [2.45, 2.75) is 26.3 Å². The standard InChI is InChI=1S/C10H21N3OS/c1-5-8(10(11)15)13(6-2)7-9(14)12(3)4/h8H,5-7H2,1-4H3,(H2,11,15). The summed E-state index contributed by atoms with van der Waals surface area (Å²) >= 11 is 4.99. The molecule has 0 aromatic carbocycles. The molecule has 88 valence electrons. The van der Waals surface area contributed by atoms with Gasteiger partial charge in [-0.25, -0.2) is 0 Å². The van der Waals surface area contributed by atoms with Crippen LogP contribution >= 0.6 is 12.2 Å². The molecule has 15 heavy (non-hydrogen) atoms. The summed E-state index contributed by atoms with van der Waals surface area (Å²) in [6.07, 6.45) is 0.837. The number of hydrogen-bond acceptors (Lipinski definition) is 3. The van der Waals surface area contributed by atoms with E-state index in [0.717, 1.165) is 13.0 Å². The van der Waals surface area contributed by atoms with Gasteiger partial charge >= 0.3 is 0 Å². The fraction of sp³-hybridized carbons (Fsp3) is 0.800. The second kappa shape index (κ2) is 6.74. The maximum Gasteiger partial charge on any atom is 0.236 e. The van der Waals surface area contributed by atoms with Crippen LogP contribution in [0.2, 0.25) is 0 Å². The number of carbonyl (C=O) groups excluding carboxylic acids is 1. The quantitative estimate of drug-likeness (QED) is 0.675. The predicted octanol–water partition coefficient (Wildman–Crippen LogP) is 0.461. The summed E-state index contributed by atoms with van der Waals surface area (Å²) in [5.41, 5.74) is 5.64. The van der Waals surface area contributed by atoms with Crippen molar-refractivity contribution in [3.63, 3.8) is 0 Å². The van der Waals surface area contributed by atoms with E-state index in [1.807, 2.05) is 18.7 Å². The average Bonchev–Trinajstić information content (AvgIpc) is 2.16. The van der Waals surface area contributed by atoms with Crippen LogP contribution in [-0.2, 0) is 4.79 Å². The molecule has 5 heteroatoms. The highest BCUT2D eigenvalue weighted by Crippen LogP contribution is 2.04. The van der Waals surface area contributed by atoms with Crippen LogP contribution in [0.5, 0.6) is 0 Å². The van der Waals surface area contributed by atoms with E-state index < -0.39 is 0 Å². The van der Waals surface area contributed by atoms with E-state index in [-0.39, 0.29) is 11.9 Å². The third-order valence-electron chi connectivity index (χ3n) is 2.40. The van der Waals surface area contributed by atoms with Crippen molar-refractivity contribution in [2.24, 2.45) is 5.73 Å². The molecule has 4 nitrogen and oxygen atoms in total. The van der Waals surface area contributed by atoms with E-state index in [4.69, 9.17) is 18.0 Å². The van der Waals surface area contributed by atoms with Crippen molar-refractivity contribution in [2.75, 3.05) is 27.2 Å². The second-order valence-electron chi connectivity index (χ2n) is 3.68. The van der Waals surface area contributed by atoms with Gasteiger partial charge in [-0.3, -0.25) is 9.69 Å². The highest BCUT2D eigenvalue weighted by Gasteiger charge is 2.20. The normalized spacial score (nSPS) is 12.6. The zero-order chi connectivity index (χ0) is 12.0. The number of nitrogens with two attached hydrogens (primary N) is 1. The Morgan fingerprint density at radius 2 is 1.93 bits per heavy atom. The molecule has 1 unspecified atom stereocenters. The van der Waals surface area contributed by atoms with E-state index in [9.17, 15) is 4.79 Å². The van der Waals surface area contributed by atoms with Crippen molar-refractivity contribution in [3.8, 4) is 0 Å². The molecule has 0 bridgehead atoms. The van der Waals surface area contributed by atoms with E-state index >= 15 is 0 Å². The molecule has 2 N–H and O–H groups in total. The predicted molar refractivity (Wildman–Crippen MR) is 66.8 cm³/mol. The molecule has 0 fully saturated rings. The Labute approximate surface area is 97.4 Å². The molecule has 0 aromatic rings. The zero-order valence-electron chi connectivity index (χ0n) is 9.99. The van der Waals surface area contributed by atoms with Crippen LogP contribution in [0, 0.1) is 0 Å². The third-order valence-corrected chi connectivity index (χ3v) is 2.67. The molecular formula is C10H21N3OS. The Hall–Kier alpha value is -0.680. The second-order valence-corrected chi connectivity index (χ2v) is 4.15. The summed E-state index contributed by atoms with van der Waals surface area (Å²) in [4.78, 5) is 15.6. The highest BCUT2D eigenvalue weighted by molar-refractivity contribution is 7.80. The molecule has 0 saturated carbocycles. The minimum Gasteiger partial charge on any atom is -0.392 e. The zero-order valence-corrected chi connectivity index (χ0v) is 10.8. The lowest BCUT2D eigenvalue weighted by molar-refractivity contribution is -0.130. The molecule has 1 amide bonds. The summed E-state index contributed by atoms with van der Waals surface area (Å²) in [7, 11) is 3.50. The molecule has 0 heterocycles. The van der Waals surface area contributed by atoms with Gasteiger partial charge in [0.1, 0.15) is 0 Å². The Balaban J connectivity index is 4.47. The number of hydrogen-bond donors (Lipinski definition) is 1. The summed E-state index contributed by atoms with van der Waals surface area (Å²) in [5, 5.41) is 0. The van der Waals surface area contributed by atoms with E-state index in [1.54, 1.807) is 19.0 Å². The Morgan fingerprint density at radius 3 is 2.20 bits per heavy atom. The average molecular weight is 231 g/mol. The lowest BCUT2D eigenvalue weighted by Gasteiger charge is -2.29. The van der Waals surface area contributed by atoms with Crippen molar-refractivity contribution in [1.82, 2.24) is 9.80 Å². The van der Waals surface area contributed by atoms with Crippen molar-refractivity contribution in [1.29, 1.82) is 0 Å². The first-order chi connectivity index (χ1) is 6.93. The topological polar surface area (TPSA) is 49.6 Å². The molecule has 0 saturated heterocycles. The minimum atomic E-state index is 0.0221. The van der Waals surface area contributed by atoms with Gasteiger partial charge in [-0.05, 0) is 13.0 Å². The number of nitrogens with zero attached hydrogens (tertiary/aromatic N) is 2. The molecule has 1 atom stereocenters. The monoisotopic (exact) mass is 231 g/mol. The van der Waals surface area contributed by atoms with Gasteiger partial charge in [0, 0.05) is 14.1 Å². The maximum atomic E-state index is 11.6. The van der Waals surface area contributed by atoms with Gasteiger partial charge in [0.25, 0.3) is 0 Å². The van der Waals surface area contributed by atoms with Gasteiger partial charge in [0.05, 0.1) is 17.6 Å². The summed E-state index contributed by atoms with van der Waals surface area (Å²) in [6, 6.07) is 0.0221. The smallest absolute Gasteiger partial charge is 0.236 e. The molecule has 0 aliphatic carbocycles. The number of likely N-dealkylation sites (N-methyl/N-ethyl adjacent to an activating group) is 2. The van der Waals surface area contributed by atoms with E-state index in [0.29, 0.717) is 11.5 Å². The summed E-state index contributed by atoms with van der Waals surface area (Å²) in [5.74, 6) is 0.0755. The summed E-state index contributed by atoms with van der Waals surface area (Å²) in [6.45, 7) is 5.17. The Bertz CT molecular complexity index is 231. The van der Waals surface area contributed by atoms with Crippen LogP contribution in [0.15, 0.2) is 0 Å². The van der Waals surface area contributed by atoms with Crippen LogP contribution in [0.4, 0.5) is 0 Å². The number of thiocarbonyl (C=S) groups is 1. The van der Waals surface area contributed by atoms with Crippen LogP contribution in [-0.4, -0.2) is 53.9 Å². The van der Waals surface area contributed by atoms with Gasteiger partial charge < -0.3 is 10.6 Å². The SMILES string of the molecule is CCC(C(N)=S)N(CC)CC(=O)N(C)C. The first kappa shape index (κ1) is 14.3. The largest absolute Gasteiger partial charge is 0.392 e. The number of amides is 1. The number of carbonyl (C=O) groups is 1. The van der Waals surface area contributed by atoms with Gasteiger partial charge in [-0.15, -0.1) is 0 Å². The third kappa shape index (κ3) is 4.57. The fourth-order valence-corrected chi connectivity index (χ4v) is 1.71. The molecule has 0 aliphatic rings. The van der Waals surface area contributed by atoms with Gasteiger partial charge in [-0.2, -0.15) is 0 Å². The minimum absolute atomic E-state index is 0.0221. The van der Waals surface area contributed by atoms with Crippen LogP contribution in [0.25, 0.3) is 0 Å². The Morgan fingerprint density at radius 1 is 1.40 bits per heavy atom. The Kier molecular flexibility index (Phi) is 6.43. The molecule has 0 rings (SSSR count). The summed E-state index contributed by atoms with van der Waals surface area (Å²) < 4.78 is 0. The first-order valence-electron chi connectivity index (χ1n) is 5.17. The van der Waals surface area contributed by atoms with Crippen molar-refractivity contribution in [3.05, 3.63) is 0 Å². The molecule has 0 spiro atoms. The highest BCUT2D eigenvalue weighted by atomic mass is 32.1. The van der Waals surface area contributed by atoms with Crippen LogP contribution in [0.3, 0.4) is 0 Å². The van der Waals surface area contributed by atoms with Crippen molar-refractivity contribution < 1.29 is 4.79 Å². The van der Waals surface area contributed by atoms with Crippen LogP contribution < -0.4 is 5.73 Å². The fourth-order valence-electron chi connectivity index (χ4n) is 1.40. The molecule has 0 radical (unpaired) electrons. The molecular weight excluding hydrogens is 210 g/mol. The van der Waals surface area contributed by atoms with Gasteiger partial charge in [0.2, 0.25) is 5.91 Å². The number of rotatable bonds is 6. The maximum absolute atomic E-state index is 11.6. The lowest BCUT2D eigenvalue weighted by Crippen LogP contribution is -2.47. The van der Waals surface area contributed by atoms with Crippen molar-refractivity contribution >= 4 is 23.1 Å².